The quantitative estimate of drug-likeness (QED) is 0.657. The van der Waals surface area contributed by atoms with Gasteiger partial charge >= 0.3 is 0 Å². The Labute approximate surface area is 130 Å². The smallest absolute Gasteiger partial charge is 0.294 e. The van der Waals surface area contributed by atoms with Gasteiger partial charge in [0.25, 0.3) is 5.91 Å². The molecule has 0 saturated heterocycles. The van der Waals surface area contributed by atoms with E-state index in [0.29, 0.717) is 12.3 Å². The number of carbonyl (C=O) groups excluding carboxylic acids is 1. The zero-order valence-electron chi connectivity index (χ0n) is 11.2. The van der Waals surface area contributed by atoms with E-state index < -0.39 is 0 Å². The van der Waals surface area contributed by atoms with Gasteiger partial charge in [0.15, 0.2) is 5.76 Å². The van der Waals surface area contributed by atoms with E-state index in [2.05, 4.69) is 22.0 Å². The van der Waals surface area contributed by atoms with Gasteiger partial charge in [-0.3, -0.25) is 4.79 Å². The molecule has 4 heteroatoms. The lowest BCUT2D eigenvalue weighted by Gasteiger charge is -2.15. The second-order valence-corrected chi connectivity index (χ2v) is 6.04. The second-order valence-electron chi connectivity index (χ2n) is 5.13. The van der Waals surface area contributed by atoms with Crippen molar-refractivity contribution in [3.63, 3.8) is 0 Å². The van der Waals surface area contributed by atoms with E-state index in [4.69, 9.17) is 4.42 Å². The van der Waals surface area contributed by atoms with Gasteiger partial charge in [-0.15, -0.1) is 0 Å². The number of furan rings is 1. The molecule has 21 heavy (non-hydrogen) atoms. The number of hydrogen-bond acceptors (Lipinski definition) is 2. The summed E-state index contributed by atoms with van der Waals surface area (Å²) in [5, 5.41) is 0.939. The summed E-state index contributed by atoms with van der Waals surface area (Å²) in [4.78, 5) is 14.5. The van der Waals surface area contributed by atoms with Gasteiger partial charge in [0.2, 0.25) is 0 Å². The molecule has 104 valence electrons. The number of carbonyl (C=O) groups is 1. The molecular weight excluding hydrogens is 330 g/mol. The van der Waals surface area contributed by atoms with Crippen molar-refractivity contribution in [3.8, 4) is 0 Å². The van der Waals surface area contributed by atoms with Crippen molar-refractivity contribution in [2.24, 2.45) is 0 Å². The summed E-state index contributed by atoms with van der Waals surface area (Å²) in [5.41, 5.74) is 2.93. The highest BCUT2D eigenvalue weighted by molar-refractivity contribution is 9.10. The molecule has 2 heterocycles. The highest BCUT2D eigenvalue weighted by Gasteiger charge is 2.27. The summed E-state index contributed by atoms with van der Waals surface area (Å²) in [6, 6.07) is 15.6. The lowest BCUT2D eigenvalue weighted by molar-refractivity contribution is 0.0965. The molecule has 0 atom stereocenters. The average molecular weight is 342 g/mol. The van der Waals surface area contributed by atoms with Crippen LogP contribution in [0.15, 0.2) is 57.4 Å². The third kappa shape index (κ3) is 2.07. The zero-order valence-corrected chi connectivity index (χ0v) is 12.8. The van der Waals surface area contributed by atoms with Crippen LogP contribution < -0.4 is 4.90 Å². The Morgan fingerprint density at radius 3 is 2.90 bits per heavy atom. The molecule has 0 aliphatic carbocycles. The van der Waals surface area contributed by atoms with Crippen molar-refractivity contribution < 1.29 is 9.21 Å². The Kier molecular flexibility index (Phi) is 2.86. The van der Waals surface area contributed by atoms with Gasteiger partial charge in [-0.25, -0.2) is 0 Å². The SMILES string of the molecule is O=C(c1cc2ccc(Br)cc2o1)N1CCc2ccccc21. The number of para-hydroxylation sites is 1. The Balaban J connectivity index is 1.74. The van der Waals surface area contributed by atoms with Gasteiger partial charge in [-0.2, -0.15) is 0 Å². The second kappa shape index (κ2) is 4.74. The number of halogens is 1. The average Bonchev–Trinajstić information content (AvgIpc) is 3.09. The van der Waals surface area contributed by atoms with Crippen LogP contribution in [0.2, 0.25) is 0 Å². The van der Waals surface area contributed by atoms with Crippen LogP contribution in [0.5, 0.6) is 0 Å². The number of hydrogen-bond donors (Lipinski definition) is 0. The molecule has 0 fully saturated rings. The number of rotatable bonds is 1. The van der Waals surface area contributed by atoms with Crippen LogP contribution in [0, 0.1) is 0 Å². The van der Waals surface area contributed by atoms with E-state index in [1.165, 1.54) is 5.56 Å². The molecule has 1 aliphatic heterocycles. The predicted octanol–water partition coefficient (Wildman–Crippen LogP) is 4.40. The molecule has 0 N–H and O–H groups in total. The first-order chi connectivity index (χ1) is 10.2. The van der Waals surface area contributed by atoms with Crippen LogP contribution in [0.4, 0.5) is 5.69 Å². The summed E-state index contributed by atoms with van der Waals surface area (Å²) in [6.07, 6.45) is 0.897. The molecule has 0 spiro atoms. The third-order valence-electron chi connectivity index (χ3n) is 3.83. The molecule has 1 aliphatic rings. The summed E-state index contributed by atoms with van der Waals surface area (Å²) >= 11 is 3.41. The summed E-state index contributed by atoms with van der Waals surface area (Å²) < 4.78 is 6.66. The first-order valence-corrected chi connectivity index (χ1v) is 7.60. The van der Waals surface area contributed by atoms with Crippen molar-refractivity contribution in [3.05, 3.63) is 64.3 Å². The highest BCUT2D eigenvalue weighted by Crippen LogP contribution is 2.30. The van der Waals surface area contributed by atoms with Gasteiger partial charge in [0.05, 0.1) is 0 Å². The molecule has 3 nitrogen and oxygen atoms in total. The van der Waals surface area contributed by atoms with E-state index in [1.54, 1.807) is 4.90 Å². The van der Waals surface area contributed by atoms with E-state index in [9.17, 15) is 4.79 Å². The number of nitrogens with zero attached hydrogens (tertiary/aromatic N) is 1. The van der Waals surface area contributed by atoms with Gasteiger partial charge < -0.3 is 9.32 Å². The van der Waals surface area contributed by atoms with Crippen molar-refractivity contribution in [1.82, 2.24) is 0 Å². The normalized spacial score (nSPS) is 13.7. The van der Waals surface area contributed by atoms with Crippen molar-refractivity contribution in [1.29, 1.82) is 0 Å². The number of benzene rings is 2. The standard InChI is InChI=1S/C17H12BrNO2/c18-13-6-5-12-9-16(21-15(12)10-13)17(20)19-8-7-11-3-1-2-4-14(11)19/h1-6,9-10H,7-8H2. The molecule has 4 rings (SSSR count). The molecule has 1 aromatic heterocycles. The molecule has 2 aromatic carbocycles. The Morgan fingerprint density at radius 1 is 1.14 bits per heavy atom. The minimum Gasteiger partial charge on any atom is -0.451 e. The first-order valence-electron chi connectivity index (χ1n) is 6.81. The van der Waals surface area contributed by atoms with Crippen LogP contribution in [0.1, 0.15) is 16.1 Å². The Morgan fingerprint density at radius 2 is 2.00 bits per heavy atom. The minimum atomic E-state index is -0.0766. The molecule has 1 amide bonds. The van der Waals surface area contributed by atoms with E-state index in [0.717, 1.165) is 27.6 Å². The fourth-order valence-electron chi connectivity index (χ4n) is 2.79. The van der Waals surface area contributed by atoms with Gasteiger partial charge in [-0.1, -0.05) is 34.1 Å². The van der Waals surface area contributed by atoms with Crippen LogP contribution in [-0.2, 0) is 6.42 Å². The van der Waals surface area contributed by atoms with E-state index >= 15 is 0 Å². The molecule has 0 unspecified atom stereocenters. The van der Waals surface area contributed by atoms with E-state index in [-0.39, 0.29) is 5.91 Å². The Bertz CT molecular complexity index is 853. The summed E-state index contributed by atoms with van der Waals surface area (Å²) in [6.45, 7) is 0.707. The molecule has 0 bridgehead atoms. The van der Waals surface area contributed by atoms with E-state index in [1.807, 2.05) is 42.5 Å². The van der Waals surface area contributed by atoms with Crippen molar-refractivity contribution >= 4 is 38.5 Å². The van der Waals surface area contributed by atoms with Crippen LogP contribution in [-0.4, -0.2) is 12.5 Å². The first kappa shape index (κ1) is 12.7. The maximum absolute atomic E-state index is 12.7. The predicted molar refractivity (Wildman–Crippen MR) is 85.7 cm³/mol. The fraction of sp³-hybridized carbons (Fsp3) is 0.118. The molecule has 0 radical (unpaired) electrons. The van der Waals surface area contributed by atoms with Crippen LogP contribution in [0.25, 0.3) is 11.0 Å². The number of amides is 1. The minimum absolute atomic E-state index is 0.0766. The number of fused-ring (bicyclic) bond motifs is 2. The largest absolute Gasteiger partial charge is 0.451 e. The van der Waals surface area contributed by atoms with Gasteiger partial charge in [0, 0.05) is 22.1 Å². The van der Waals surface area contributed by atoms with Crippen LogP contribution in [0.3, 0.4) is 0 Å². The maximum atomic E-state index is 12.7. The molecule has 0 saturated carbocycles. The lowest BCUT2D eigenvalue weighted by Crippen LogP contribution is -2.28. The van der Waals surface area contributed by atoms with Crippen molar-refractivity contribution in [2.75, 3.05) is 11.4 Å². The van der Waals surface area contributed by atoms with Gasteiger partial charge in [0.1, 0.15) is 5.58 Å². The maximum Gasteiger partial charge on any atom is 0.294 e. The van der Waals surface area contributed by atoms with Gasteiger partial charge in [-0.05, 0) is 42.3 Å². The summed E-state index contributed by atoms with van der Waals surface area (Å²) in [7, 11) is 0. The number of anilines is 1. The highest BCUT2D eigenvalue weighted by atomic mass is 79.9. The molecule has 3 aromatic rings. The monoisotopic (exact) mass is 341 g/mol. The van der Waals surface area contributed by atoms with Crippen LogP contribution >= 0.6 is 15.9 Å². The zero-order chi connectivity index (χ0) is 14.4. The Hall–Kier alpha value is -2.07. The van der Waals surface area contributed by atoms with Crippen molar-refractivity contribution in [2.45, 2.75) is 6.42 Å². The molecular formula is C17H12BrNO2. The topological polar surface area (TPSA) is 33.5 Å². The third-order valence-corrected chi connectivity index (χ3v) is 4.32. The lowest BCUT2D eigenvalue weighted by atomic mass is 10.2. The fourth-order valence-corrected chi connectivity index (χ4v) is 3.13. The summed E-state index contributed by atoms with van der Waals surface area (Å²) in [5.74, 6) is 0.312.